The number of nitrogens with one attached hydrogen (secondary N) is 2. The monoisotopic (exact) mass is 230 g/mol. The van der Waals surface area contributed by atoms with Gasteiger partial charge in [-0.15, -0.1) is 0 Å². The fourth-order valence-electron chi connectivity index (χ4n) is 2.54. The van der Waals surface area contributed by atoms with E-state index in [0.717, 1.165) is 32.4 Å². The van der Waals surface area contributed by atoms with Gasteiger partial charge >= 0.3 is 0 Å². The molecule has 90 valence electrons. The maximum absolute atomic E-state index is 9.98. The summed E-state index contributed by atoms with van der Waals surface area (Å²) in [7, 11) is 0. The van der Waals surface area contributed by atoms with Crippen molar-refractivity contribution in [3.05, 3.63) is 36.0 Å². The molecule has 0 saturated carbocycles. The van der Waals surface area contributed by atoms with Crippen LogP contribution in [0, 0.1) is 0 Å². The molecule has 0 aliphatic carbocycles. The molecule has 3 heteroatoms. The number of benzene rings is 1. The Hall–Kier alpha value is -1.32. The molecule has 0 amide bonds. The molecule has 1 saturated heterocycles. The maximum Gasteiger partial charge on any atom is 0.0895 e. The van der Waals surface area contributed by atoms with Crippen molar-refractivity contribution >= 4 is 10.9 Å². The molecule has 1 aromatic carbocycles. The van der Waals surface area contributed by atoms with Gasteiger partial charge in [-0.3, -0.25) is 0 Å². The van der Waals surface area contributed by atoms with Gasteiger partial charge in [-0.1, -0.05) is 18.2 Å². The summed E-state index contributed by atoms with van der Waals surface area (Å²) in [5.74, 6) is 0. The molecule has 1 fully saturated rings. The average Bonchev–Trinajstić information content (AvgIpc) is 2.71. The van der Waals surface area contributed by atoms with Crippen LogP contribution in [0.15, 0.2) is 30.5 Å². The minimum Gasteiger partial charge on any atom is -0.387 e. The van der Waals surface area contributed by atoms with Gasteiger partial charge < -0.3 is 15.4 Å². The standard InChI is InChI=1S/C14H18N2O/c17-14(9-15-10-14)7-3-4-11-8-16-13-6-2-1-5-12(11)13/h1-2,5-6,8,15-17H,3-4,7,9-10H2. The largest absolute Gasteiger partial charge is 0.387 e. The first kappa shape index (κ1) is 10.8. The molecule has 2 aromatic rings. The number of fused-ring (bicyclic) bond motifs is 1. The second kappa shape index (κ2) is 4.17. The number of aliphatic hydroxyl groups is 1. The molecule has 3 nitrogen and oxygen atoms in total. The lowest BCUT2D eigenvalue weighted by Gasteiger charge is -2.37. The van der Waals surface area contributed by atoms with Crippen molar-refractivity contribution in [2.24, 2.45) is 0 Å². The van der Waals surface area contributed by atoms with E-state index in [1.54, 1.807) is 0 Å². The number of rotatable bonds is 4. The highest BCUT2D eigenvalue weighted by Gasteiger charge is 2.33. The summed E-state index contributed by atoms with van der Waals surface area (Å²) in [6.45, 7) is 1.50. The number of aryl methyl sites for hydroxylation is 1. The molecule has 2 heterocycles. The van der Waals surface area contributed by atoms with Crippen LogP contribution in [0.25, 0.3) is 10.9 Å². The summed E-state index contributed by atoms with van der Waals surface area (Å²) in [6.07, 6.45) is 5.06. The third-order valence-corrected chi connectivity index (χ3v) is 3.67. The van der Waals surface area contributed by atoms with E-state index in [1.165, 1.54) is 16.5 Å². The Bertz CT molecular complexity index is 514. The van der Waals surface area contributed by atoms with E-state index in [4.69, 9.17) is 0 Å². The van der Waals surface area contributed by atoms with Crippen molar-refractivity contribution in [2.45, 2.75) is 24.9 Å². The van der Waals surface area contributed by atoms with E-state index >= 15 is 0 Å². The Morgan fingerprint density at radius 1 is 1.24 bits per heavy atom. The van der Waals surface area contributed by atoms with Crippen LogP contribution in [0.2, 0.25) is 0 Å². The van der Waals surface area contributed by atoms with Crippen LogP contribution in [-0.2, 0) is 6.42 Å². The third-order valence-electron chi connectivity index (χ3n) is 3.67. The molecule has 0 bridgehead atoms. The van der Waals surface area contributed by atoms with Gasteiger partial charge in [0.15, 0.2) is 0 Å². The number of β-amino-alcohol motifs (C(OH)–C–C–N with tert-alkyl or cyclic N) is 1. The van der Waals surface area contributed by atoms with Crippen molar-refractivity contribution in [1.82, 2.24) is 10.3 Å². The topological polar surface area (TPSA) is 48.0 Å². The van der Waals surface area contributed by atoms with Gasteiger partial charge in [0, 0.05) is 30.2 Å². The zero-order chi connectivity index (χ0) is 11.7. The molecule has 3 rings (SSSR count). The number of hydrogen-bond acceptors (Lipinski definition) is 2. The van der Waals surface area contributed by atoms with Crippen LogP contribution in [-0.4, -0.2) is 28.8 Å². The number of aromatic nitrogens is 1. The normalized spacial score (nSPS) is 18.2. The SMILES string of the molecule is OC1(CCCc2c[nH]c3ccccc23)CNC1. The lowest BCUT2D eigenvalue weighted by atomic mass is 9.90. The first-order valence-corrected chi connectivity index (χ1v) is 6.25. The quantitative estimate of drug-likeness (QED) is 0.750. The summed E-state index contributed by atoms with van der Waals surface area (Å²) < 4.78 is 0. The van der Waals surface area contributed by atoms with Crippen LogP contribution in [0.5, 0.6) is 0 Å². The smallest absolute Gasteiger partial charge is 0.0895 e. The molecule has 0 spiro atoms. The number of aromatic amines is 1. The lowest BCUT2D eigenvalue weighted by Crippen LogP contribution is -2.59. The Labute approximate surface area is 101 Å². The Balaban J connectivity index is 1.65. The van der Waals surface area contributed by atoms with Crippen molar-refractivity contribution in [2.75, 3.05) is 13.1 Å². The fraction of sp³-hybridized carbons (Fsp3) is 0.429. The highest BCUT2D eigenvalue weighted by Crippen LogP contribution is 2.22. The van der Waals surface area contributed by atoms with E-state index in [0.29, 0.717) is 0 Å². The van der Waals surface area contributed by atoms with E-state index in [-0.39, 0.29) is 0 Å². The maximum atomic E-state index is 9.98. The first-order chi connectivity index (χ1) is 8.27. The molecule has 0 unspecified atom stereocenters. The molecule has 0 atom stereocenters. The molecule has 0 radical (unpaired) electrons. The van der Waals surface area contributed by atoms with E-state index in [9.17, 15) is 5.11 Å². The second-order valence-corrected chi connectivity index (χ2v) is 5.04. The molecule has 17 heavy (non-hydrogen) atoms. The van der Waals surface area contributed by atoms with Gasteiger partial charge in [0.1, 0.15) is 0 Å². The Morgan fingerprint density at radius 2 is 2.06 bits per heavy atom. The summed E-state index contributed by atoms with van der Waals surface area (Å²) in [5.41, 5.74) is 2.12. The van der Waals surface area contributed by atoms with Crippen LogP contribution in [0.1, 0.15) is 18.4 Å². The van der Waals surface area contributed by atoms with E-state index in [2.05, 4.69) is 34.7 Å². The summed E-state index contributed by atoms with van der Waals surface area (Å²) in [4.78, 5) is 3.29. The predicted octanol–water partition coefficient (Wildman–Crippen LogP) is 1.82. The number of hydrogen-bond donors (Lipinski definition) is 3. The van der Waals surface area contributed by atoms with Crippen molar-refractivity contribution in [1.29, 1.82) is 0 Å². The summed E-state index contributed by atoms with van der Waals surface area (Å²) >= 11 is 0. The molecule has 3 N–H and O–H groups in total. The van der Waals surface area contributed by atoms with Crippen molar-refractivity contribution in [3.8, 4) is 0 Å². The van der Waals surface area contributed by atoms with E-state index in [1.807, 2.05) is 6.07 Å². The zero-order valence-corrected chi connectivity index (χ0v) is 9.87. The molecular weight excluding hydrogens is 212 g/mol. The minimum atomic E-state index is -0.438. The van der Waals surface area contributed by atoms with Gasteiger partial charge in [0.25, 0.3) is 0 Å². The van der Waals surface area contributed by atoms with Gasteiger partial charge in [-0.2, -0.15) is 0 Å². The molecule has 1 aromatic heterocycles. The predicted molar refractivity (Wildman–Crippen MR) is 69.1 cm³/mol. The second-order valence-electron chi connectivity index (χ2n) is 5.04. The van der Waals surface area contributed by atoms with Crippen LogP contribution in [0.4, 0.5) is 0 Å². The molecule has 1 aliphatic rings. The average molecular weight is 230 g/mol. The first-order valence-electron chi connectivity index (χ1n) is 6.25. The van der Waals surface area contributed by atoms with Crippen LogP contribution in [0.3, 0.4) is 0 Å². The number of H-pyrrole nitrogens is 1. The van der Waals surface area contributed by atoms with Gasteiger partial charge in [-0.05, 0) is 30.9 Å². The Morgan fingerprint density at radius 3 is 2.82 bits per heavy atom. The molecular formula is C14H18N2O. The Kier molecular flexibility index (Phi) is 2.65. The van der Waals surface area contributed by atoms with Crippen LogP contribution >= 0.6 is 0 Å². The molecule has 1 aliphatic heterocycles. The number of para-hydroxylation sites is 1. The van der Waals surface area contributed by atoms with Crippen LogP contribution < -0.4 is 5.32 Å². The third kappa shape index (κ3) is 2.08. The van der Waals surface area contributed by atoms with Gasteiger partial charge in [-0.25, -0.2) is 0 Å². The summed E-state index contributed by atoms with van der Waals surface area (Å²) in [5, 5.41) is 14.4. The fourth-order valence-corrected chi connectivity index (χ4v) is 2.54. The zero-order valence-electron chi connectivity index (χ0n) is 9.87. The highest BCUT2D eigenvalue weighted by molar-refractivity contribution is 5.82. The van der Waals surface area contributed by atoms with Gasteiger partial charge in [0.05, 0.1) is 5.60 Å². The van der Waals surface area contributed by atoms with Crippen molar-refractivity contribution in [3.63, 3.8) is 0 Å². The minimum absolute atomic E-state index is 0.438. The summed E-state index contributed by atoms with van der Waals surface area (Å²) in [6, 6.07) is 8.37. The lowest BCUT2D eigenvalue weighted by molar-refractivity contribution is -0.0185. The highest BCUT2D eigenvalue weighted by atomic mass is 16.3. The van der Waals surface area contributed by atoms with Gasteiger partial charge in [0.2, 0.25) is 0 Å². The van der Waals surface area contributed by atoms with Crippen molar-refractivity contribution < 1.29 is 5.11 Å². The van der Waals surface area contributed by atoms with E-state index < -0.39 is 5.60 Å².